The molecule has 1 aliphatic heterocycles. The van der Waals surface area contributed by atoms with Gasteiger partial charge in [-0.05, 0) is 37.0 Å². The molecule has 0 bridgehead atoms. The van der Waals surface area contributed by atoms with Gasteiger partial charge in [0.2, 0.25) is 0 Å². The maximum absolute atomic E-state index is 5.67. The zero-order valence-electron chi connectivity index (χ0n) is 13.6. The minimum atomic E-state index is 0. The van der Waals surface area contributed by atoms with Crippen LogP contribution in [0.1, 0.15) is 37.3 Å². The normalized spacial score (nSPS) is 20.4. The quantitative estimate of drug-likeness (QED) is 0.771. The summed E-state index contributed by atoms with van der Waals surface area (Å²) in [6.07, 6.45) is 5.46. The number of ether oxygens (including phenoxy) is 1. The number of hydrogen-bond acceptors (Lipinski definition) is 3. The minimum Gasteiger partial charge on any atom is -0.496 e. The molecule has 1 aromatic carbocycles. The average Bonchev–Trinajstić information content (AvgIpc) is 3.03. The number of benzene rings is 1. The number of nitrogens with one attached hydrogen (secondary N) is 1. The second-order valence-corrected chi connectivity index (χ2v) is 7.08. The Morgan fingerprint density at radius 3 is 2.43 bits per heavy atom. The van der Waals surface area contributed by atoms with E-state index >= 15 is 0 Å². The molecule has 3 rings (SSSR count). The predicted molar refractivity (Wildman–Crippen MR) is 104 cm³/mol. The van der Waals surface area contributed by atoms with E-state index in [0.29, 0.717) is 6.04 Å². The second kappa shape index (κ2) is 10.1. The molecule has 0 spiro atoms. The molecule has 1 saturated heterocycles. The van der Waals surface area contributed by atoms with Crippen molar-refractivity contribution in [3.63, 3.8) is 0 Å². The van der Waals surface area contributed by atoms with E-state index < -0.39 is 0 Å². The number of piperazine rings is 1. The second-order valence-electron chi connectivity index (χ2n) is 6.16. The highest BCUT2D eigenvalue weighted by Gasteiger charge is 2.33. The lowest BCUT2D eigenvalue weighted by molar-refractivity contribution is 0.123. The van der Waals surface area contributed by atoms with Crippen molar-refractivity contribution in [2.75, 3.05) is 33.3 Å². The van der Waals surface area contributed by atoms with Crippen molar-refractivity contribution >= 4 is 40.7 Å². The molecular weight excluding hydrogens is 399 g/mol. The van der Waals surface area contributed by atoms with E-state index in [0.717, 1.165) is 42.3 Å². The van der Waals surface area contributed by atoms with Crippen LogP contribution in [0.2, 0.25) is 0 Å². The van der Waals surface area contributed by atoms with Crippen LogP contribution in [0.15, 0.2) is 22.7 Å². The molecule has 1 aromatic rings. The van der Waals surface area contributed by atoms with Gasteiger partial charge in [0, 0.05) is 42.3 Å². The lowest BCUT2D eigenvalue weighted by Gasteiger charge is -2.39. The van der Waals surface area contributed by atoms with Crippen LogP contribution in [0.4, 0.5) is 0 Å². The molecule has 2 aliphatic rings. The van der Waals surface area contributed by atoms with Gasteiger partial charge in [0.15, 0.2) is 0 Å². The standard InChI is InChI=1S/C17H25BrN2O.2ClH/c1-21-16-7-6-14(18)12-15(16)17(13-4-2-3-5-13)20-10-8-19-9-11-20;;/h6-7,12-13,17,19H,2-5,8-11H2,1H3;2*1H/t17-;;/m0../s1. The molecule has 1 atom stereocenters. The number of methoxy groups -OCH3 is 1. The van der Waals surface area contributed by atoms with Crippen LogP contribution in [0.3, 0.4) is 0 Å². The molecule has 23 heavy (non-hydrogen) atoms. The van der Waals surface area contributed by atoms with Crippen molar-refractivity contribution in [1.29, 1.82) is 0 Å². The zero-order valence-corrected chi connectivity index (χ0v) is 16.8. The Hall–Kier alpha value is -0.000000000000000222. The van der Waals surface area contributed by atoms with E-state index in [1.807, 2.05) is 0 Å². The first-order chi connectivity index (χ1) is 10.3. The van der Waals surface area contributed by atoms with Crippen molar-refractivity contribution < 1.29 is 4.74 Å². The summed E-state index contributed by atoms with van der Waals surface area (Å²) >= 11 is 3.64. The topological polar surface area (TPSA) is 24.5 Å². The molecule has 1 saturated carbocycles. The van der Waals surface area contributed by atoms with Crippen LogP contribution >= 0.6 is 40.7 Å². The van der Waals surface area contributed by atoms with Crippen LogP contribution in [0, 0.1) is 5.92 Å². The van der Waals surface area contributed by atoms with Crippen molar-refractivity contribution in [1.82, 2.24) is 10.2 Å². The van der Waals surface area contributed by atoms with E-state index in [1.54, 1.807) is 7.11 Å². The summed E-state index contributed by atoms with van der Waals surface area (Å²) in [7, 11) is 1.79. The molecule has 3 nitrogen and oxygen atoms in total. The number of halogens is 3. The smallest absolute Gasteiger partial charge is 0.123 e. The van der Waals surface area contributed by atoms with Crippen molar-refractivity contribution in [2.45, 2.75) is 31.7 Å². The molecule has 1 N–H and O–H groups in total. The maximum Gasteiger partial charge on any atom is 0.123 e. The number of rotatable bonds is 4. The van der Waals surface area contributed by atoms with E-state index in [4.69, 9.17) is 4.74 Å². The summed E-state index contributed by atoms with van der Waals surface area (Å²) in [6, 6.07) is 6.95. The molecule has 1 aliphatic carbocycles. The third-order valence-corrected chi connectivity index (χ3v) is 5.39. The molecule has 2 fully saturated rings. The molecule has 6 heteroatoms. The summed E-state index contributed by atoms with van der Waals surface area (Å²) in [5.74, 6) is 1.81. The third kappa shape index (κ3) is 4.99. The first-order valence-corrected chi connectivity index (χ1v) is 8.87. The highest BCUT2D eigenvalue weighted by molar-refractivity contribution is 9.10. The highest BCUT2D eigenvalue weighted by Crippen LogP contribution is 2.43. The summed E-state index contributed by atoms with van der Waals surface area (Å²) in [5, 5.41) is 3.47. The van der Waals surface area contributed by atoms with Crippen molar-refractivity contribution in [3.8, 4) is 5.75 Å². The van der Waals surface area contributed by atoms with Gasteiger partial charge in [0.25, 0.3) is 0 Å². The van der Waals surface area contributed by atoms with Gasteiger partial charge in [-0.3, -0.25) is 4.90 Å². The van der Waals surface area contributed by atoms with Gasteiger partial charge < -0.3 is 10.1 Å². The first kappa shape index (κ1) is 21.0. The van der Waals surface area contributed by atoms with Crippen molar-refractivity contribution in [2.24, 2.45) is 5.92 Å². The molecule has 0 aromatic heterocycles. The Morgan fingerprint density at radius 2 is 1.83 bits per heavy atom. The Labute approximate surface area is 160 Å². The fraction of sp³-hybridized carbons (Fsp3) is 0.647. The molecule has 132 valence electrons. The largest absolute Gasteiger partial charge is 0.496 e. The Morgan fingerprint density at radius 1 is 1.17 bits per heavy atom. The van der Waals surface area contributed by atoms with Crippen LogP contribution < -0.4 is 10.1 Å². The number of hydrogen-bond donors (Lipinski definition) is 1. The molecular formula is C17H27BrCl2N2O. The molecule has 0 unspecified atom stereocenters. The third-order valence-electron chi connectivity index (χ3n) is 4.90. The van der Waals surface area contributed by atoms with Gasteiger partial charge in [0.1, 0.15) is 5.75 Å². The summed E-state index contributed by atoms with van der Waals surface area (Å²) < 4.78 is 6.82. The van der Waals surface area contributed by atoms with Crippen LogP contribution in [0.5, 0.6) is 5.75 Å². The maximum atomic E-state index is 5.67. The van der Waals surface area contributed by atoms with Crippen molar-refractivity contribution in [3.05, 3.63) is 28.2 Å². The molecule has 0 radical (unpaired) electrons. The van der Waals surface area contributed by atoms with Gasteiger partial charge >= 0.3 is 0 Å². The summed E-state index contributed by atoms with van der Waals surface area (Å²) in [4.78, 5) is 2.66. The SMILES string of the molecule is COc1ccc(Br)cc1[C@H](C1CCCC1)N1CCNCC1.Cl.Cl. The van der Waals surface area contributed by atoms with Gasteiger partial charge in [-0.15, -0.1) is 24.8 Å². The van der Waals surface area contributed by atoms with Gasteiger partial charge in [-0.1, -0.05) is 28.8 Å². The Bertz CT molecular complexity index is 478. The fourth-order valence-corrected chi connectivity index (χ4v) is 4.30. The Kier molecular flexibility index (Phi) is 9.24. The monoisotopic (exact) mass is 424 g/mol. The van der Waals surface area contributed by atoms with Gasteiger partial charge in [-0.25, -0.2) is 0 Å². The van der Waals surface area contributed by atoms with Crippen LogP contribution in [0.25, 0.3) is 0 Å². The van der Waals surface area contributed by atoms with E-state index in [1.165, 1.54) is 31.2 Å². The molecule has 1 heterocycles. The summed E-state index contributed by atoms with van der Waals surface area (Å²) in [6.45, 7) is 4.47. The van der Waals surface area contributed by atoms with E-state index in [2.05, 4.69) is 44.3 Å². The summed E-state index contributed by atoms with van der Waals surface area (Å²) in [5.41, 5.74) is 1.36. The first-order valence-electron chi connectivity index (χ1n) is 8.08. The van der Waals surface area contributed by atoms with E-state index in [-0.39, 0.29) is 24.8 Å². The predicted octanol–water partition coefficient (Wildman–Crippen LogP) is 4.44. The lowest BCUT2D eigenvalue weighted by Crippen LogP contribution is -2.46. The highest BCUT2D eigenvalue weighted by atomic mass is 79.9. The zero-order chi connectivity index (χ0) is 14.7. The van der Waals surface area contributed by atoms with Gasteiger partial charge in [0.05, 0.1) is 7.11 Å². The average molecular weight is 426 g/mol. The lowest BCUT2D eigenvalue weighted by atomic mass is 9.89. The fourth-order valence-electron chi connectivity index (χ4n) is 3.92. The molecule has 0 amide bonds. The van der Waals surface area contributed by atoms with Crippen LogP contribution in [-0.4, -0.2) is 38.2 Å². The van der Waals surface area contributed by atoms with Crippen LogP contribution in [-0.2, 0) is 0 Å². The van der Waals surface area contributed by atoms with Gasteiger partial charge in [-0.2, -0.15) is 0 Å². The van der Waals surface area contributed by atoms with E-state index in [9.17, 15) is 0 Å². The Balaban J connectivity index is 0.00000132. The number of nitrogens with zero attached hydrogens (tertiary/aromatic N) is 1. The minimum absolute atomic E-state index is 0.